The van der Waals surface area contributed by atoms with Crippen LogP contribution in [-0.2, 0) is 9.84 Å². The van der Waals surface area contributed by atoms with E-state index in [9.17, 15) is 8.42 Å². The van der Waals surface area contributed by atoms with E-state index in [0.29, 0.717) is 0 Å². The lowest BCUT2D eigenvalue weighted by Gasteiger charge is -2.05. The lowest BCUT2D eigenvalue weighted by molar-refractivity contribution is 0.604. The minimum Gasteiger partial charge on any atom is -0.224 e. The SMILES string of the molecule is O=S1(=O)C=C[C@@H](c2ccccc2)C1. The summed E-state index contributed by atoms with van der Waals surface area (Å²) >= 11 is 0. The van der Waals surface area contributed by atoms with Gasteiger partial charge < -0.3 is 0 Å². The van der Waals surface area contributed by atoms with Crippen LogP contribution in [0.4, 0.5) is 0 Å². The number of rotatable bonds is 1. The molecule has 0 amide bonds. The second kappa shape index (κ2) is 3.00. The molecule has 2 nitrogen and oxygen atoms in total. The largest absolute Gasteiger partial charge is 0.224 e. The number of hydrogen-bond donors (Lipinski definition) is 0. The second-order valence-electron chi connectivity index (χ2n) is 3.18. The summed E-state index contributed by atoms with van der Waals surface area (Å²) in [5, 5.41) is 1.31. The molecule has 0 spiro atoms. The molecule has 1 aliphatic heterocycles. The summed E-state index contributed by atoms with van der Waals surface area (Å²) in [4.78, 5) is 0. The van der Waals surface area contributed by atoms with Crippen LogP contribution in [0.3, 0.4) is 0 Å². The Bertz CT molecular complexity index is 417. The van der Waals surface area contributed by atoms with Crippen molar-refractivity contribution in [1.29, 1.82) is 0 Å². The van der Waals surface area contributed by atoms with Gasteiger partial charge in [0, 0.05) is 11.3 Å². The summed E-state index contributed by atoms with van der Waals surface area (Å²) in [6, 6.07) is 9.69. The maximum Gasteiger partial charge on any atom is 0.172 e. The Morgan fingerprint density at radius 1 is 1.15 bits per heavy atom. The van der Waals surface area contributed by atoms with Crippen LogP contribution >= 0.6 is 0 Å². The van der Waals surface area contributed by atoms with E-state index in [0.717, 1.165) is 5.56 Å². The summed E-state index contributed by atoms with van der Waals surface area (Å²) in [5.74, 6) is 0.267. The van der Waals surface area contributed by atoms with Crippen LogP contribution in [0.1, 0.15) is 11.5 Å². The zero-order valence-electron chi connectivity index (χ0n) is 7.05. The molecule has 0 aromatic heterocycles. The molecule has 1 heterocycles. The van der Waals surface area contributed by atoms with E-state index >= 15 is 0 Å². The Hall–Kier alpha value is -1.09. The highest BCUT2D eigenvalue weighted by atomic mass is 32.2. The summed E-state index contributed by atoms with van der Waals surface area (Å²) < 4.78 is 22.3. The third-order valence-corrected chi connectivity index (χ3v) is 3.55. The van der Waals surface area contributed by atoms with Crippen LogP contribution in [0.25, 0.3) is 0 Å². The minimum atomic E-state index is -2.92. The first-order valence-electron chi connectivity index (χ1n) is 4.13. The molecule has 1 aliphatic rings. The molecule has 2 rings (SSSR count). The third kappa shape index (κ3) is 1.80. The molecular weight excluding hydrogens is 184 g/mol. The van der Waals surface area contributed by atoms with Gasteiger partial charge in [-0.2, -0.15) is 0 Å². The van der Waals surface area contributed by atoms with E-state index in [1.807, 2.05) is 30.3 Å². The second-order valence-corrected chi connectivity index (χ2v) is 5.11. The van der Waals surface area contributed by atoms with Gasteiger partial charge in [-0.1, -0.05) is 36.4 Å². The average molecular weight is 194 g/mol. The molecule has 68 valence electrons. The van der Waals surface area contributed by atoms with Gasteiger partial charge in [-0.05, 0) is 5.56 Å². The fraction of sp³-hybridized carbons (Fsp3) is 0.200. The zero-order valence-corrected chi connectivity index (χ0v) is 7.87. The van der Waals surface area contributed by atoms with Gasteiger partial charge >= 0.3 is 0 Å². The Labute approximate surface area is 77.8 Å². The first kappa shape index (κ1) is 8.51. The highest BCUT2D eigenvalue weighted by Crippen LogP contribution is 2.25. The van der Waals surface area contributed by atoms with E-state index in [4.69, 9.17) is 0 Å². The van der Waals surface area contributed by atoms with E-state index in [1.54, 1.807) is 6.08 Å². The van der Waals surface area contributed by atoms with Crippen LogP contribution in [0.5, 0.6) is 0 Å². The highest BCUT2D eigenvalue weighted by molar-refractivity contribution is 7.94. The van der Waals surface area contributed by atoms with Crippen LogP contribution in [0.2, 0.25) is 0 Å². The fourth-order valence-electron chi connectivity index (χ4n) is 1.48. The summed E-state index contributed by atoms with van der Waals surface area (Å²) in [6.07, 6.45) is 1.75. The lowest BCUT2D eigenvalue weighted by Crippen LogP contribution is -2.03. The van der Waals surface area contributed by atoms with Crippen molar-refractivity contribution in [2.24, 2.45) is 0 Å². The molecule has 1 aromatic carbocycles. The van der Waals surface area contributed by atoms with Crippen molar-refractivity contribution < 1.29 is 8.42 Å². The predicted molar refractivity (Wildman–Crippen MR) is 52.1 cm³/mol. The average Bonchev–Trinajstić information content (AvgIpc) is 2.48. The van der Waals surface area contributed by atoms with E-state index in [-0.39, 0.29) is 11.7 Å². The van der Waals surface area contributed by atoms with Crippen molar-refractivity contribution in [2.75, 3.05) is 5.75 Å². The lowest BCUT2D eigenvalue weighted by atomic mass is 10.0. The minimum absolute atomic E-state index is 0.0474. The standard InChI is InChI=1S/C10H10O2S/c11-13(12)7-6-10(8-13)9-4-2-1-3-5-9/h1-7,10H,8H2/t10-/m1/s1. The van der Waals surface area contributed by atoms with Gasteiger partial charge in [0.2, 0.25) is 0 Å². The quantitative estimate of drug-likeness (QED) is 0.682. The maximum atomic E-state index is 11.1. The summed E-state index contributed by atoms with van der Waals surface area (Å²) in [5.41, 5.74) is 1.07. The van der Waals surface area contributed by atoms with Crippen LogP contribution in [0, 0.1) is 0 Å². The number of sulfone groups is 1. The van der Waals surface area contributed by atoms with Gasteiger partial charge in [-0.25, -0.2) is 8.42 Å². The van der Waals surface area contributed by atoms with Crippen LogP contribution < -0.4 is 0 Å². The topological polar surface area (TPSA) is 34.1 Å². The maximum absolute atomic E-state index is 11.1. The van der Waals surface area contributed by atoms with Crippen molar-refractivity contribution in [3.05, 3.63) is 47.4 Å². The molecular formula is C10H10O2S. The molecule has 0 bridgehead atoms. The Balaban J connectivity index is 2.29. The first-order valence-corrected chi connectivity index (χ1v) is 5.85. The number of allylic oxidation sites excluding steroid dienone is 1. The van der Waals surface area contributed by atoms with Crippen molar-refractivity contribution in [1.82, 2.24) is 0 Å². The van der Waals surface area contributed by atoms with Crippen LogP contribution in [-0.4, -0.2) is 14.2 Å². The van der Waals surface area contributed by atoms with Crippen molar-refractivity contribution in [3.63, 3.8) is 0 Å². The van der Waals surface area contributed by atoms with Gasteiger partial charge in [0.25, 0.3) is 0 Å². The molecule has 3 heteroatoms. The molecule has 13 heavy (non-hydrogen) atoms. The van der Waals surface area contributed by atoms with Gasteiger partial charge in [-0.15, -0.1) is 0 Å². The normalized spacial score (nSPS) is 24.8. The van der Waals surface area contributed by atoms with Gasteiger partial charge in [-0.3, -0.25) is 0 Å². The monoisotopic (exact) mass is 194 g/mol. The number of hydrogen-bond acceptors (Lipinski definition) is 2. The van der Waals surface area contributed by atoms with Gasteiger partial charge in [0.1, 0.15) is 0 Å². The fourth-order valence-corrected chi connectivity index (χ4v) is 2.83. The zero-order chi connectivity index (χ0) is 9.31. The highest BCUT2D eigenvalue weighted by Gasteiger charge is 2.22. The Morgan fingerprint density at radius 3 is 2.38 bits per heavy atom. The van der Waals surface area contributed by atoms with E-state index < -0.39 is 9.84 Å². The molecule has 0 saturated heterocycles. The molecule has 0 fully saturated rings. The molecule has 0 unspecified atom stereocenters. The van der Waals surface area contributed by atoms with E-state index in [1.165, 1.54) is 5.41 Å². The summed E-state index contributed by atoms with van der Waals surface area (Å²) in [7, 11) is -2.92. The molecule has 1 aromatic rings. The number of benzene rings is 1. The van der Waals surface area contributed by atoms with Crippen molar-refractivity contribution in [2.45, 2.75) is 5.92 Å². The predicted octanol–water partition coefficient (Wildman–Crippen LogP) is 1.71. The summed E-state index contributed by atoms with van der Waals surface area (Å²) in [6.45, 7) is 0. The van der Waals surface area contributed by atoms with Crippen molar-refractivity contribution in [3.8, 4) is 0 Å². The molecule has 0 aliphatic carbocycles. The molecule has 0 saturated carbocycles. The van der Waals surface area contributed by atoms with Crippen molar-refractivity contribution >= 4 is 9.84 Å². The van der Waals surface area contributed by atoms with E-state index in [2.05, 4.69) is 0 Å². The van der Waals surface area contributed by atoms with Crippen LogP contribution in [0.15, 0.2) is 41.8 Å². The third-order valence-electron chi connectivity index (χ3n) is 2.16. The molecule has 0 radical (unpaired) electrons. The Kier molecular flexibility index (Phi) is 1.96. The van der Waals surface area contributed by atoms with Gasteiger partial charge in [0.05, 0.1) is 5.75 Å². The molecule has 1 atom stereocenters. The molecule has 0 N–H and O–H groups in total. The Morgan fingerprint density at radius 2 is 1.85 bits per heavy atom. The first-order chi connectivity index (χ1) is 6.17. The van der Waals surface area contributed by atoms with Gasteiger partial charge in [0.15, 0.2) is 9.84 Å². The smallest absolute Gasteiger partial charge is 0.172 e.